The Morgan fingerprint density at radius 1 is 1.41 bits per heavy atom. The van der Waals surface area contributed by atoms with E-state index in [1.54, 1.807) is 4.90 Å². The van der Waals surface area contributed by atoms with E-state index >= 15 is 0 Å². The molecule has 6 heteroatoms. The molecule has 0 aromatic heterocycles. The van der Waals surface area contributed by atoms with E-state index in [-0.39, 0.29) is 6.03 Å². The van der Waals surface area contributed by atoms with Crippen molar-refractivity contribution in [2.24, 2.45) is 0 Å². The number of carboxylic acids is 1. The van der Waals surface area contributed by atoms with Gasteiger partial charge in [-0.05, 0) is 20.9 Å². The van der Waals surface area contributed by atoms with Crippen LogP contribution in [0.3, 0.4) is 0 Å². The Bertz CT molecular complexity index is 308. The zero-order valence-electron chi connectivity index (χ0n) is 10.9. The Balaban J connectivity index is 2.61. The molecule has 2 amide bonds. The van der Waals surface area contributed by atoms with Crippen molar-refractivity contribution in [2.75, 3.05) is 33.7 Å². The van der Waals surface area contributed by atoms with Gasteiger partial charge < -0.3 is 19.8 Å². The maximum Gasteiger partial charge on any atom is 0.326 e. The number of nitrogens with zero attached hydrogens (tertiary/aromatic N) is 3. The predicted molar refractivity (Wildman–Crippen MR) is 63.9 cm³/mol. The van der Waals surface area contributed by atoms with Crippen LogP contribution in [0.15, 0.2) is 0 Å². The molecule has 1 aliphatic heterocycles. The summed E-state index contributed by atoms with van der Waals surface area (Å²) < 4.78 is 0. The molecule has 6 nitrogen and oxygen atoms in total. The normalized spacial score (nSPS) is 23.3. The van der Waals surface area contributed by atoms with Gasteiger partial charge in [0.05, 0.1) is 0 Å². The van der Waals surface area contributed by atoms with Crippen LogP contribution in [0.5, 0.6) is 0 Å². The van der Waals surface area contributed by atoms with Gasteiger partial charge in [-0.25, -0.2) is 9.59 Å². The first-order valence-corrected chi connectivity index (χ1v) is 5.79. The molecular formula is C11H21N3O3. The molecule has 0 aliphatic carbocycles. The van der Waals surface area contributed by atoms with Crippen LogP contribution < -0.4 is 0 Å². The number of amides is 2. The van der Waals surface area contributed by atoms with Crippen LogP contribution in [-0.2, 0) is 4.79 Å². The average molecular weight is 243 g/mol. The quantitative estimate of drug-likeness (QED) is 0.749. The molecule has 1 heterocycles. The zero-order chi connectivity index (χ0) is 13.2. The van der Waals surface area contributed by atoms with Gasteiger partial charge >= 0.3 is 12.0 Å². The van der Waals surface area contributed by atoms with E-state index in [1.807, 2.05) is 7.05 Å². The Labute approximate surface area is 102 Å². The Morgan fingerprint density at radius 3 is 2.47 bits per heavy atom. The summed E-state index contributed by atoms with van der Waals surface area (Å²) in [4.78, 5) is 28.1. The van der Waals surface area contributed by atoms with E-state index in [2.05, 4.69) is 11.8 Å². The fourth-order valence-electron chi connectivity index (χ4n) is 1.78. The molecule has 1 rings (SSSR count). The Morgan fingerprint density at radius 2 is 2.00 bits per heavy atom. The fourth-order valence-corrected chi connectivity index (χ4v) is 1.78. The number of piperazine rings is 1. The summed E-state index contributed by atoms with van der Waals surface area (Å²) in [7, 11) is 3.56. The number of carbonyl (C=O) groups is 2. The van der Waals surface area contributed by atoms with Crippen LogP contribution >= 0.6 is 0 Å². The van der Waals surface area contributed by atoms with Crippen molar-refractivity contribution in [1.82, 2.24) is 14.7 Å². The number of carboxylic acid groups (broad SMARTS) is 1. The number of carbonyl (C=O) groups excluding carboxylic acids is 1. The standard InChI is InChI=1S/C11H21N3O3/c1-8-7-14(6-5-12(8)3)11(17)13(4)9(2)10(15)16/h8-9H,5-7H2,1-4H3,(H,15,16). The van der Waals surface area contributed by atoms with Crippen molar-refractivity contribution in [1.29, 1.82) is 0 Å². The fraction of sp³-hybridized carbons (Fsp3) is 0.818. The van der Waals surface area contributed by atoms with Gasteiger partial charge in [0.1, 0.15) is 6.04 Å². The van der Waals surface area contributed by atoms with Crippen LogP contribution in [0.25, 0.3) is 0 Å². The molecular weight excluding hydrogens is 222 g/mol. The minimum absolute atomic E-state index is 0.208. The lowest BCUT2D eigenvalue weighted by molar-refractivity contribution is -0.141. The second-order valence-electron chi connectivity index (χ2n) is 4.68. The highest BCUT2D eigenvalue weighted by Crippen LogP contribution is 2.10. The van der Waals surface area contributed by atoms with E-state index < -0.39 is 12.0 Å². The number of urea groups is 1. The lowest BCUT2D eigenvalue weighted by atomic mass is 10.2. The van der Waals surface area contributed by atoms with E-state index in [1.165, 1.54) is 18.9 Å². The number of rotatable bonds is 2. The topological polar surface area (TPSA) is 64.1 Å². The highest BCUT2D eigenvalue weighted by atomic mass is 16.4. The van der Waals surface area contributed by atoms with Gasteiger partial charge in [0.15, 0.2) is 0 Å². The summed E-state index contributed by atoms with van der Waals surface area (Å²) >= 11 is 0. The molecule has 1 saturated heterocycles. The summed E-state index contributed by atoms with van der Waals surface area (Å²) in [6.07, 6.45) is 0. The van der Waals surface area contributed by atoms with Gasteiger partial charge in [-0.3, -0.25) is 0 Å². The highest BCUT2D eigenvalue weighted by molar-refractivity contribution is 5.82. The second kappa shape index (κ2) is 5.35. The molecule has 2 atom stereocenters. The van der Waals surface area contributed by atoms with Crippen LogP contribution in [0, 0.1) is 0 Å². The molecule has 0 aromatic carbocycles. The maximum atomic E-state index is 12.1. The van der Waals surface area contributed by atoms with Crippen molar-refractivity contribution in [2.45, 2.75) is 25.9 Å². The van der Waals surface area contributed by atoms with E-state index in [4.69, 9.17) is 5.11 Å². The first-order chi connectivity index (χ1) is 7.84. The van der Waals surface area contributed by atoms with Crippen molar-refractivity contribution in [3.8, 4) is 0 Å². The number of hydrogen-bond acceptors (Lipinski definition) is 3. The van der Waals surface area contributed by atoms with E-state index in [0.717, 1.165) is 6.54 Å². The molecule has 0 spiro atoms. The smallest absolute Gasteiger partial charge is 0.326 e. The molecule has 0 aromatic rings. The Hall–Kier alpha value is -1.30. The average Bonchev–Trinajstić information content (AvgIpc) is 2.29. The van der Waals surface area contributed by atoms with Gasteiger partial charge in [-0.1, -0.05) is 0 Å². The molecule has 2 unspecified atom stereocenters. The van der Waals surface area contributed by atoms with Gasteiger partial charge in [0, 0.05) is 32.7 Å². The summed E-state index contributed by atoms with van der Waals surface area (Å²) in [6.45, 7) is 5.68. The molecule has 0 saturated carbocycles. The second-order valence-corrected chi connectivity index (χ2v) is 4.68. The van der Waals surface area contributed by atoms with Gasteiger partial charge in [-0.15, -0.1) is 0 Å². The third-order valence-corrected chi connectivity index (χ3v) is 3.47. The van der Waals surface area contributed by atoms with Gasteiger partial charge in [0.25, 0.3) is 0 Å². The molecule has 98 valence electrons. The van der Waals surface area contributed by atoms with Crippen LogP contribution in [0.4, 0.5) is 4.79 Å². The first kappa shape index (κ1) is 13.8. The van der Waals surface area contributed by atoms with Gasteiger partial charge in [-0.2, -0.15) is 0 Å². The Kier molecular flexibility index (Phi) is 4.34. The van der Waals surface area contributed by atoms with Crippen molar-refractivity contribution in [3.05, 3.63) is 0 Å². The molecule has 1 aliphatic rings. The summed E-state index contributed by atoms with van der Waals surface area (Å²) in [5, 5.41) is 8.87. The van der Waals surface area contributed by atoms with Gasteiger partial charge in [0.2, 0.25) is 0 Å². The minimum atomic E-state index is -0.983. The molecule has 0 radical (unpaired) electrons. The van der Waals surface area contributed by atoms with Crippen LogP contribution in [0.1, 0.15) is 13.8 Å². The lowest BCUT2D eigenvalue weighted by Crippen LogP contribution is -2.56. The largest absolute Gasteiger partial charge is 0.480 e. The lowest BCUT2D eigenvalue weighted by Gasteiger charge is -2.39. The number of aliphatic carboxylic acids is 1. The summed E-state index contributed by atoms with van der Waals surface area (Å²) in [6, 6.07) is -0.696. The maximum absolute atomic E-state index is 12.1. The molecule has 1 N–H and O–H groups in total. The third kappa shape index (κ3) is 3.09. The zero-order valence-corrected chi connectivity index (χ0v) is 10.9. The molecule has 1 fully saturated rings. The van der Waals surface area contributed by atoms with E-state index in [0.29, 0.717) is 19.1 Å². The van der Waals surface area contributed by atoms with Crippen molar-refractivity contribution < 1.29 is 14.7 Å². The van der Waals surface area contributed by atoms with Crippen molar-refractivity contribution >= 4 is 12.0 Å². The monoisotopic (exact) mass is 243 g/mol. The summed E-state index contributed by atoms with van der Waals surface area (Å²) in [5.41, 5.74) is 0. The predicted octanol–water partition coefficient (Wildman–Crippen LogP) is 0.147. The molecule has 0 bridgehead atoms. The highest BCUT2D eigenvalue weighted by Gasteiger charge is 2.29. The van der Waals surface area contributed by atoms with Crippen molar-refractivity contribution in [3.63, 3.8) is 0 Å². The SMILES string of the molecule is CC1CN(C(=O)N(C)C(C)C(=O)O)CCN1C. The first-order valence-electron chi connectivity index (χ1n) is 5.79. The van der Waals surface area contributed by atoms with E-state index in [9.17, 15) is 9.59 Å². The number of likely N-dealkylation sites (N-methyl/N-ethyl adjacent to an activating group) is 2. The van der Waals surface area contributed by atoms with Crippen LogP contribution in [0.2, 0.25) is 0 Å². The van der Waals surface area contributed by atoms with Crippen LogP contribution in [-0.4, -0.2) is 77.6 Å². The molecule has 17 heavy (non-hydrogen) atoms. The minimum Gasteiger partial charge on any atom is -0.480 e. The summed E-state index contributed by atoms with van der Waals surface area (Å²) in [5.74, 6) is -0.983. The third-order valence-electron chi connectivity index (χ3n) is 3.47. The number of hydrogen-bond donors (Lipinski definition) is 1.